The molecule has 2 aromatic rings. The molecule has 0 aliphatic carbocycles. The highest BCUT2D eigenvalue weighted by Crippen LogP contribution is 2.26. The summed E-state index contributed by atoms with van der Waals surface area (Å²) in [6, 6.07) is 12.5. The Morgan fingerprint density at radius 2 is 1.65 bits per heavy atom. The summed E-state index contributed by atoms with van der Waals surface area (Å²) in [7, 11) is 0. The maximum Gasteiger partial charge on any atom is 0.161 e. The summed E-state index contributed by atoms with van der Waals surface area (Å²) in [6.07, 6.45) is 1.27. The molecule has 0 heterocycles. The molecule has 1 N–H and O–H groups in total. The highest BCUT2D eigenvalue weighted by molar-refractivity contribution is 6.30. The minimum Gasteiger partial charge on any atom is -0.490 e. The van der Waals surface area contributed by atoms with Crippen molar-refractivity contribution in [2.45, 2.75) is 6.92 Å². The number of para-hydroxylation sites is 2. The van der Waals surface area contributed by atoms with E-state index in [-0.39, 0.29) is 0 Å². The van der Waals surface area contributed by atoms with Crippen molar-refractivity contribution in [2.75, 3.05) is 19.8 Å². The third-order valence-corrected chi connectivity index (χ3v) is 3.15. The van der Waals surface area contributed by atoms with Crippen molar-refractivity contribution >= 4 is 17.8 Å². The van der Waals surface area contributed by atoms with E-state index >= 15 is 0 Å². The van der Waals surface area contributed by atoms with Gasteiger partial charge in [0.1, 0.15) is 19.0 Å². The van der Waals surface area contributed by atoms with E-state index in [1.165, 1.54) is 6.21 Å². The van der Waals surface area contributed by atoms with Crippen LogP contribution in [0.4, 0.5) is 0 Å². The smallest absolute Gasteiger partial charge is 0.161 e. The molecule has 5 nitrogen and oxygen atoms in total. The minimum atomic E-state index is 0.328. The van der Waals surface area contributed by atoms with E-state index < -0.39 is 0 Å². The third-order valence-electron chi connectivity index (χ3n) is 2.92. The van der Waals surface area contributed by atoms with Crippen LogP contribution in [0.1, 0.15) is 12.5 Å². The number of hydrogen-bond acceptors (Lipinski definition) is 5. The molecule has 0 saturated heterocycles. The van der Waals surface area contributed by atoms with Gasteiger partial charge in [0.05, 0.1) is 12.8 Å². The fourth-order valence-electron chi connectivity index (χ4n) is 1.96. The molecule has 0 saturated carbocycles. The SMILES string of the molecule is CCOc1ccccc1OCCOc1ccc(Cl)cc1C=NO. The average molecular weight is 336 g/mol. The molecule has 6 heteroatoms. The van der Waals surface area contributed by atoms with E-state index in [4.69, 9.17) is 31.0 Å². The fourth-order valence-corrected chi connectivity index (χ4v) is 2.14. The Morgan fingerprint density at radius 1 is 1.00 bits per heavy atom. The highest BCUT2D eigenvalue weighted by Gasteiger charge is 2.05. The second-order valence-corrected chi connectivity index (χ2v) is 4.94. The van der Waals surface area contributed by atoms with Gasteiger partial charge in [0.25, 0.3) is 0 Å². The predicted molar refractivity (Wildman–Crippen MR) is 89.4 cm³/mol. The summed E-state index contributed by atoms with van der Waals surface area (Å²) in [6.45, 7) is 3.17. The van der Waals surface area contributed by atoms with Crippen LogP contribution in [0, 0.1) is 0 Å². The fraction of sp³-hybridized carbons (Fsp3) is 0.235. The molecule has 0 atom stereocenters. The Morgan fingerprint density at radius 3 is 2.30 bits per heavy atom. The average Bonchev–Trinajstić information content (AvgIpc) is 2.55. The lowest BCUT2D eigenvalue weighted by Gasteiger charge is -2.13. The van der Waals surface area contributed by atoms with Crippen LogP contribution in [-0.2, 0) is 0 Å². The maximum atomic E-state index is 8.67. The largest absolute Gasteiger partial charge is 0.490 e. The molecule has 2 rings (SSSR count). The van der Waals surface area contributed by atoms with Crippen molar-refractivity contribution in [3.8, 4) is 17.2 Å². The van der Waals surface area contributed by atoms with E-state index in [0.29, 0.717) is 47.7 Å². The molecule has 0 amide bonds. The molecule has 122 valence electrons. The van der Waals surface area contributed by atoms with Crippen LogP contribution in [0.15, 0.2) is 47.6 Å². The molecule has 0 unspecified atom stereocenters. The number of oxime groups is 1. The minimum absolute atomic E-state index is 0.328. The third kappa shape index (κ3) is 5.07. The maximum absolute atomic E-state index is 8.67. The Labute approximate surface area is 140 Å². The van der Waals surface area contributed by atoms with E-state index in [1.807, 2.05) is 31.2 Å². The van der Waals surface area contributed by atoms with Gasteiger partial charge in [-0.05, 0) is 37.3 Å². The van der Waals surface area contributed by atoms with Gasteiger partial charge in [-0.25, -0.2) is 0 Å². The van der Waals surface area contributed by atoms with Gasteiger partial charge in [-0.15, -0.1) is 0 Å². The van der Waals surface area contributed by atoms with Gasteiger partial charge >= 0.3 is 0 Å². The lowest BCUT2D eigenvalue weighted by Crippen LogP contribution is -2.10. The van der Waals surface area contributed by atoms with Crippen molar-refractivity contribution in [3.63, 3.8) is 0 Å². The Hall–Kier alpha value is -2.40. The molecule has 0 radical (unpaired) electrons. The van der Waals surface area contributed by atoms with E-state index in [2.05, 4.69) is 5.16 Å². The molecule has 0 bridgehead atoms. The lowest BCUT2D eigenvalue weighted by molar-refractivity contribution is 0.208. The van der Waals surface area contributed by atoms with Gasteiger partial charge in [0.2, 0.25) is 0 Å². The second-order valence-electron chi connectivity index (χ2n) is 4.50. The number of rotatable bonds is 8. The number of benzene rings is 2. The van der Waals surface area contributed by atoms with Crippen molar-refractivity contribution < 1.29 is 19.4 Å². The van der Waals surface area contributed by atoms with Gasteiger partial charge in [-0.1, -0.05) is 28.9 Å². The molecular formula is C17H18ClNO4. The molecule has 0 aliphatic rings. The summed E-state index contributed by atoms with van der Waals surface area (Å²) in [5, 5.41) is 12.2. The van der Waals surface area contributed by atoms with Crippen LogP contribution in [0.2, 0.25) is 5.02 Å². The Balaban J connectivity index is 1.91. The molecule has 0 aromatic heterocycles. The molecule has 23 heavy (non-hydrogen) atoms. The molecule has 0 spiro atoms. The summed E-state index contributed by atoms with van der Waals surface area (Å²) in [5.74, 6) is 1.94. The van der Waals surface area contributed by atoms with E-state index in [1.54, 1.807) is 18.2 Å². The zero-order valence-corrected chi connectivity index (χ0v) is 13.5. The first-order chi connectivity index (χ1) is 11.2. The van der Waals surface area contributed by atoms with Gasteiger partial charge in [0.15, 0.2) is 11.5 Å². The monoisotopic (exact) mass is 335 g/mol. The summed E-state index contributed by atoms with van der Waals surface area (Å²) in [5.41, 5.74) is 0.592. The quantitative estimate of drug-likeness (QED) is 0.343. The number of ether oxygens (including phenoxy) is 3. The van der Waals surface area contributed by atoms with Crippen LogP contribution < -0.4 is 14.2 Å². The summed E-state index contributed by atoms with van der Waals surface area (Å²) >= 11 is 5.90. The van der Waals surface area contributed by atoms with Crippen LogP contribution in [0.5, 0.6) is 17.2 Å². The van der Waals surface area contributed by atoms with E-state index in [0.717, 1.165) is 0 Å². The summed E-state index contributed by atoms with van der Waals surface area (Å²) in [4.78, 5) is 0. The number of nitrogens with zero attached hydrogens (tertiary/aromatic N) is 1. The zero-order valence-electron chi connectivity index (χ0n) is 12.7. The zero-order chi connectivity index (χ0) is 16.5. The van der Waals surface area contributed by atoms with Crippen LogP contribution >= 0.6 is 11.6 Å². The van der Waals surface area contributed by atoms with Crippen LogP contribution in [-0.4, -0.2) is 31.2 Å². The first-order valence-corrected chi connectivity index (χ1v) is 7.56. The van der Waals surface area contributed by atoms with Gasteiger partial charge < -0.3 is 19.4 Å². The second kappa shape index (κ2) is 8.90. The predicted octanol–water partition coefficient (Wildman–Crippen LogP) is 4.00. The van der Waals surface area contributed by atoms with Crippen LogP contribution in [0.3, 0.4) is 0 Å². The molecule has 0 aliphatic heterocycles. The van der Waals surface area contributed by atoms with E-state index in [9.17, 15) is 0 Å². The Bertz CT molecular complexity index is 661. The summed E-state index contributed by atoms with van der Waals surface area (Å²) < 4.78 is 16.8. The van der Waals surface area contributed by atoms with Crippen molar-refractivity contribution in [2.24, 2.45) is 5.16 Å². The number of halogens is 1. The van der Waals surface area contributed by atoms with Crippen molar-refractivity contribution in [3.05, 3.63) is 53.1 Å². The van der Waals surface area contributed by atoms with Gasteiger partial charge in [-0.2, -0.15) is 0 Å². The van der Waals surface area contributed by atoms with Crippen LogP contribution in [0.25, 0.3) is 0 Å². The molecule has 0 fully saturated rings. The normalized spacial score (nSPS) is 10.7. The van der Waals surface area contributed by atoms with Gasteiger partial charge in [0, 0.05) is 10.6 Å². The standard InChI is InChI=1S/C17H18ClNO4/c1-2-21-16-5-3-4-6-17(16)23-10-9-22-15-8-7-14(18)11-13(15)12-19-20/h3-8,11-12,20H,2,9-10H2,1H3. The molecular weight excluding hydrogens is 318 g/mol. The molecule has 2 aromatic carbocycles. The lowest BCUT2D eigenvalue weighted by atomic mass is 10.2. The first kappa shape index (κ1) is 17.0. The van der Waals surface area contributed by atoms with Crippen molar-refractivity contribution in [1.29, 1.82) is 0 Å². The van der Waals surface area contributed by atoms with Gasteiger partial charge in [-0.3, -0.25) is 0 Å². The number of hydrogen-bond donors (Lipinski definition) is 1. The Kier molecular flexibility index (Phi) is 6.56. The first-order valence-electron chi connectivity index (χ1n) is 7.19. The topological polar surface area (TPSA) is 60.3 Å². The highest BCUT2D eigenvalue weighted by atomic mass is 35.5. The van der Waals surface area contributed by atoms with Crippen molar-refractivity contribution in [1.82, 2.24) is 0 Å².